The molecule has 28 heavy (non-hydrogen) atoms. The normalized spacial score (nSPS) is 18.4. The fraction of sp³-hybridized carbons (Fsp3) is 0.409. The molecule has 2 fully saturated rings. The summed E-state index contributed by atoms with van der Waals surface area (Å²) < 4.78 is 44.6. The molecule has 2 saturated carbocycles. The van der Waals surface area contributed by atoms with Gasteiger partial charge in [0.1, 0.15) is 5.75 Å². The van der Waals surface area contributed by atoms with E-state index in [1.165, 1.54) is 12.1 Å². The molecule has 0 heterocycles. The molecule has 2 aliphatic carbocycles. The van der Waals surface area contributed by atoms with Gasteiger partial charge in [-0.15, -0.1) is 0 Å². The molecule has 2 aromatic carbocycles. The van der Waals surface area contributed by atoms with E-state index in [0.717, 1.165) is 31.4 Å². The number of carboxylic acid groups (broad SMARTS) is 1. The van der Waals surface area contributed by atoms with Crippen molar-refractivity contribution in [3.8, 4) is 16.9 Å². The molecule has 0 saturated heterocycles. The predicted molar refractivity (Wildman–Crippen MR) is 98.3 cm³/mol. The highest BCUT2D eigenvalue weighted by Gasteiger charge is 2.46. The highest BCUT2D eigenvalue weighted by atomic mass is 19.4. The second kappa shape index (κ2) is 6.83. The lowest BCUT2D eigenvalue weighted by Crippen LogP contribution is -2.42. The molecular weight excluding hydrogens is 369 g/mol. The van der Waals surface area contributed by atoms with Gasteiger partial charge in [-0.25, -0.2) is 0 Å². The summed E-state index contributed by atoms with van der Waals surface area (Å²) in [6.45, 7) is 0.567. The molecule has 0 aromatic heterocycles. The van der Waals surface area contributed by atoms with E-state index < -0.39 is 23.1 Å². The number of benzene rings is 2. The van der Waals surface area contributed by atoms with Crippen LogP contribution in [0.5, 0.6) is 5.75 Å². The first-order valence-corrected chi connectivity index (χ1v) is 9.48. The quantitative estimate of drug-likeness (QED) is 0.692. The Morgan fingerprint density at radius 1 is 1.11 bits per heavy atom. The SMILES string of the molecule is O=C(O)C1(c2ccc(OCC3CC3)c(-c3ccc(C(F)(F)F)cc3)c2)CCC1. The van der Waals surface area contributed by atoms with E-state index in [4.69, 9.17) is 4.74 Å². The van der Waals surface area contributed by atoms with Crippen LogP contribution in [-0.2, 0) is 16.4 Å². The second-order valence-electron chi connectivity index (χ2n) is 7.78. The first-order chi connectivity index (χ1) is 13.3. The number of hydrogen-bond acceptors (Lipinski definition) is 2. The summed E-state index contributed by atoms with van der Waals surface area (Å²) in [6, 6.07) is 10.2. The van der Waals surface area contributed by atoms with Crippen LogP contribution >= 0.6 is 0 Å². The van der Waals surface area contributed by atoms with Gasteiger partial charge in [0.15, 0.2) is 0 Å². The van der Waals surface area contributed by atoms with Crippen molar-refractivity contribution >= 4 is 5.97 Å². The average Bonchev–Trinajstić information content (AvgIpc) is 3.43. The molecular formula is C22H21F3O3. The maximum absolute atomic E-state index is 12.9. The summed E-state index contributed by atoms with van der Waals surface area (Å²) in [5.74, 6) is 0.246. The van der Waals surface area contributed by atoms with Crippen LogP contribution in [0.1, 0.15) is 43.2 Å². The summed E-state index contributed by atoms with van der Waals surface area (Å²) in [5.41, 5.74) is 0.282. The maximum atomic E-state index is 12.9. The fourth-order valence-electron chi connectivity index (χ4n) is 3.67. The topological polar surface area (TPSA) is 46.5 Å². The van der Waals surface area contributed by atoms with Gasteiger partial charge in [0.25, 0.3) is 0 Å². The minimum absolute atomic E-state index is 0.525. The summed E-state index contributed by atoms with van der Waals surface area (Å²) in [7, 11) is 0. The molecule has 0 spiro atoms. The maximum Gasteiger partial charge on any atom is 0.416 e. The Balaban J connectivity index is 1.73. The number of carbonyl (C=O) groups is 1. The average molecular weight is 390 g/mol. The highest BCUT2D eigenvalue weighted by molar-refractivity contribution is 5.84. The smallest absolute Gasteiger partial charge is 0.416 e. The van der Waals surface area contributed by atoms with E-state index in [2.05, 4.69) is 0 Å². The molecule has 0 aliphatic heterocycles. The third kappa shape index (κ3) is 3.48. The number of hydrogen-bond donors (Lipinski definition) is 1. The predicted octanol–water partition coefficient (Wildman–Crippen LogP) is 5.67. The van der Waals surface area contributed by atoms with Gasteiger partial charge in [0.2, 0.25) is 0 Å². The van der Waals surface area contributed by atoms with E-state index in [-0.39, 0.29) is 0 Å². The van der Waals surface area contributed by atoms with Crippen LogP contribution < -0.4 is 4.74 Å². The largest absolute Gasteiger partial charge is 0.493 e. The Bertz CT molecular complexity index is 879. The van der Waals surface area contributed by atoms with Gasteiger partial charge in [0.05, 0.1) is 17.6 Å². The zero-order valence-electron chi connectivity index (χ0n) is 15.3. The van der Waals surface area contributed by atoms with Gasteiger partial charge < -0.3 is 9.84 Å². The minimum atomic E-state index is -4.40. The lowest BCUT2D eigenvalue weighted by atomic mass is 9.64. The van der Waals surface area contributed by atoms with Gasteiger partial charge in [0, 0.05) is 5.56 Å². The van der Waals surface area contributed by atoms with Gasteiger partial charge in [-0.3, -0.25) is 4.79 Å². The van der Waals surface area contributed by atoms with Crippen LogP contribution in [0.3, 0.4) is 0 Å². The van der Waals surface area contributed by atoms with Gasteiger partial charge >= 0.3 is 12.1 Å². The van der Waals surface area contributed by atoms with Crippen LogP contribution in [0.2, 0.25) is 0 Å². The Kier molecular flexibility index (Phi) is 4.60. The Hall–Kier alpha value is -2.50. The molecule has 1 N–H and O–H groups in total. The van der Waals surface area contributed by atoms with Crippen LogP contribution in [0.25, 0.3) is 11.1 Å². The van der Waals surface area contributed by atoms with Gasteiger partial charge in [-0.05, 0) is 67.0 Å². The van der Waals surface area contributed by atoms with Crippen molar-refractivity contribution in [2.24, 2.45) is 5.92 Å². The Morgan fingerprint density at radius 3 is 2.29 bits per heavy atom. The monoisotopic (exact) mass is 390 g/mol. The number of halogens is 3. The van der Waals surface area contributed by atoms with Crippen LogP contribution in [0, 0.1) is 5.92 Å². The first-order valence-electron chi connectivity index (χ1n) is 9.48. The summed E-state index contributed by atoms with van der Waals surface area (Å²) in [6.07, 6.45) is -0.174. The van der Waals surface area contributed by atoms with E-state index in [1.54, 1.807) is 18.2 Å². The van der Waals surface area contributed by atoms with Crippen molar-refractivity contribution in [3.63, 3.8) is 0 Å². The number of aliphatic carboxylic acids is 1. The molecule has 2 aromatic rings. The zero-order valence-corrected chi connectivity index (χ0v) is 15.3. The van der Waals surface area contributed by atoms with Crippen molar-refractivity contribution in [2.45, 2.75) is 43.7 Å². The standard InChI is InChI=1S/C22H21F3O3/c23-22(24,25)16-6-4-15(5-7-16)18-12-17(21(20(26)27)10-1-11-21)8-9-19(18)28-13-14-2-3-14/h4-9,12,14H,1-3,10-11,13H2,(H,26,27). The number of ether oxygens (including phenoxy) is 1. The van der Waals surface area contributed by atoms with E-state index in [9.17, 15) is 23.1 Å². The summed E-state index contributed by atoms with van der Waals surface area (Å²) in [4.78, 5) is 11.9. The van der Waals surface area contributed by atoms with Crippen LogP contribution in [-0.4, -0.2) is 17.7 Å². The summed E-state index contributed by atoms with van der Waals surface area (Å²) >= 11 is 0. The van der Waals surface area contributed by atoms with Crippen molar-refractivity contribution in [1.29, 1.82) is 0 Å². The van der Waals surface area contributed by atoms with E-state index in [0.29, 0.717) is 47.8 Å². The minimum Gasteiger partial charge on any atom is -0.493 e. The van der Waals surface area contributed by atoms with Crippen LogP contribution in [0.4, 0.5) is 13.2 Å². The molecule has 0 bridgehead atoms. The van der Waals surface area contributed by atoms with E-state index >= 15 is 0 Å². The molecule has 148 valence electrons. The molecule has 0 amide bonds. The highest BCUT2D eigenvalue weighted by Crippen LogP contribution is 2.46. The number of alkyl halides is 3. The lowest BCUT2D eigenvalue weighted by molar-refractivity contribution is -0.147. The third-order valence-electron chi connectivity index (χ3n) is 5.84. The number of rotatable bonds is 6. The van der Waals surface area contributed by atoms with Gasteiger partial charge in [-0.2, -0.15) is 13.2 Å². The molecule has 0 radical (unpaired) electrons. The van der Waals surface area contributed by atoms with Gasteiger partial charge in [-0.1, -0.05) is 24.6 Å². The van der Waals surface area contributed by atoms with Crippen LogP contribution in [0.15, 0.2) is 42.5 Å². The fourth-order valence-corrected chi connectivity index (χ4v) is 3.67. The molecule has 3 nitrogen and oxygen atoms in total. The van der Waals surface area contributed by atoms with Crippen molar-refractivity contribution in [3.05, 3.63) is 53.6 Å². The Labute approximate surface area is 161 Å². The number of carboxylic acids is 1. The lowest BCUT2D eigenvalue weighted by Gasteiger charge is -2.38. The van der Waals surface area contributed by atoms with Crippen molar-refractivity contribution in [1.82, 2.24) is 0 Å². The molecule has 4 rings (SSSR count). The first kappa shape index (κ1) is 18.8. The van der Waals surface area contributed by atoms with E-state index in [1.807, 2.05) is 0 Å². The Morgan fingerprint density at radius 2 is 1.79 bits per heavy atom. The third-order valence-corrected chi connectivity index (χ3v) is 5.84. The molecule has 2 aliphatic rings. The zero-order chi connectivity index (χ0) is 19.9. The second-order valence-corrected chi connectivity index (χ2v) is 7.78. The molecule has 0 unspecified atom stereocenters. The molecule has 0 atom stereocenters. The molecule has 6 heteroatoms. The van der Waals surface area contributed by atoms with Crippen molar-refractivity contribution < 1.29 is 27.8 Å². The van der Waals surface area contributed by atoms with Crippen molar-refractivity contribution in [2.75, 3.05) is 6.61 Å². The summed E-state index contributed by atoms with van der Waals surface area (Å²) in [5, 5.41) is 9.72.